The molecule has 0 aliphatic carbocycles. The number of amides is 1. The second kappa shape index (κ2) is 6.01. The molecular formula is C16H18N4O2. The van der Waals surface area contributed by atoms with Crippen LogP contribution in [0.15, 0.2) is 36.4 Å². The van der Waals surface area contributed by atoms with E-state index in [1.165, 1.54) is 5.56 Å². The van der Waals surface area contributed by atoms with E-state index in [1.54, 1.807) is 19.2 Å². The van der Waals surface area contributed by atoms with Crippen molar-refractivity contribution in [1.29, 1.82) is 0 Å². The zero-order valence-electron chi connectivity index (χ0n) is 12.4. The Labute approximate surface area is 128 Å². The van der Waals surface area contributed by atoms with E-state index in [0.29, 0.717) is 0 Å². The summed E-state index contributed by atoms with van der Waals surface area (Å²) in [6.07, 6.45) is 2.13. The Morgan fingerprint density at radius 3 is 2.86 bits per heavy atom. The predicted octanol–water partition coefficient (Wildman–Crippen LogP) is 1.93. The molecule has 1 fully saturated rings. The van der Waals surface area contributed by atoms with Crippen molar-refractivity contribution in [3.8, 4) is 5.75 Å². The number of methoxy groups -OCH3 is 1. The number of benzene rings is 1. The Morgan fingerprint density at radius 2 is 2.18 bits per heavy atom. The number of carbonyl (C=O) groups is 1. The molecule has 0 radical (unpaired) electrons. The van der Waals surface area contributed by atoms with Crippen LogP contribution in [0.2, 0.25) is 0 Å². The summed E-state index contributed by atoms with van der Waals surface area (Å²) in [5.74, 6) is 1.04. The Balaban J connectivity index is 1.87. The molecule has 6 nitrogen and oxygen atoms in total. The highest BCUT2D eigenvalue weighted by molar-refractivity contribution is 5.90. The average molecular weight is 298 g/mol. The minimum absolute atomic E-state index is 0.181. The molecule has 3 rings (SSSR count). The van der Waals surface area contributed by atoms with E-state index < -0.39 is 5.91 Å². The third kappa shape index (κ3) is 2.72. The van der Waals surface area contributed by atoms with Gasteiger partial charge in [0.15, 0.2) is 11.5 Å². The van der Waals surface area contributed by atoms with E-state index in [9.17, 15) is 4.79 Å². The van der Waals surface area contributed by atoms with E-state index in [0.717, 1.165) is 31.0 Å². The van der Waals surface area contributed by atoms with Crippen LogP contribution in [0.3, 0.4) is 0 Å². The SMILES string of the molecule is COc1cccc(C2CCCN2c2ccc(C(N)=O)nn2)c1. The predicted molar refractivity (Wildman–Crippen MR) is 82.9 cm³/mol. The molecule has 114 valence electrons. The zero-order valence-corrected chi connectivity index (χ0v) is 12.4. The van der Waals surface area contributed by atoms with Gasteiger partial charge in [-0.15, -0.1) is 10.2 Å². The van der Waals surface area contributed by atoms with Crippen LogP contribution in [0.4, 0.5) is 5.82 Å². The van der Waals surface area contributed by atoms with Crippen LogP contribution in [0.25, 0.3) is 0 Å². The maximum Gasteiger partial charge on any atom is 0.269 e. The first-order valence-electron chi connectivity index (χ1n) is 7.23. The summed E-state index contributed by atoms with van der Waals surface area (Å²) < 4.78 is 5.30. The Bertz CT molecular complexity index is 672. The van der Waals surface area contributed by atoms with Crippen molar-refractivity contribution in [2.24, 2.45) is 5.73 Å². The highest BCUT2D eigenvalue weighted by Gasteiger charge is 2.27. The second-order valence-electron chi connectivity index (χ2n) is 5.27. The lowest BCUT2D eigenvalue weighted by Gasteiger charge is -2.25. The van der Waals surface area contributed by atoms with Gasteiger partial charge in [-0.25, -0.2) is 0 Å². The van der Waals surface area contributed by atoms with Crippen molar-refractivity contribution in [2.75, 3.05) is 18.6 Å². The molecular weight excluding hydrogens is 280 g/mol. The summed E-state index contributed by atoms with van der Waals surface area (Å²) in [7, 11) is 1.67. The topological polar surface area (TPSA) is 81.3 Å². The lowest BCUT2D eigenvalue weighted by Crippen LogP contribution is -2.24. The van der Waals surface area contributed by atoms with E-state index in [1.807, 2.05) is 18.2 Å². The first-order valence-corrected chi connectivity index (χ1v) is 7.23. The number of carbonyl (C=O) groups excluding carboxylic acids is 1. The number of rotatable bonds is 4. The number of aromatic nitrogens is 2. The highest BCUT2D eigenvalue weighted by Crippen LogP contribution is 2.35. The smallest absolute Gasteiger partial charge is 0.269 e. The second-order valence-corrected chi connectivity index (χ2v) is 5.27. The maximum atomic E-state index is 11.1. The summed E-state index contributed by atoms with van der Waals surface area (Å²) in [4.78, 5) is 13.3. The van der Waals surface area contributed by atoms with Crippen molar-refractivity contribution < 1.29 is 9.53 Å². The Hall–Kier alpha value is -2.63. The molecule has 1 aliphatic heterocycles. The summed E-state index contributed by atoms with van der Waals surface area (Å²) in [6, 6.07) is 11.7. The molecule has 6 heteroatoms. The summed E-state index contributed by atoms with van der Waals surface area (Å²) in [6.45, 7) is 0.909. The van der Waals surface area contributed by atoms with Crippen molar-refractivity contribution >= 4 is 11.7 Å². The zero-order chi connectivity index (χ0) is 15.5. The molecule has 2 N–H and O–H groups in total. The molecule has 1 aliphatic rings. The van der Waals surface area contributed by atoms with Gasteiger partial charge in [0, 0.05) is 6.54 Å². The van der Waals surface area contributed by atoms with Crippen LogP contribution in [0, 0.1) is 0 Å². The number of hydrogen-bond acceptors (Lipinski definition) is 5. The third-order valence-corrected chi connectivity index (χ3v) is 3.93. The standard InChI is InChI=1S/C16H18N4O2/c1-22-12-5-2-4-11(10-12)14-6-3-9-20(14)15-8-7-13(16(17)21)18-19-15/h2,4-5,7-8,10,14H,3,6,9H2,1H3,(H2,17,21). The first kappa shape index (κ1) is 14.3. The van der Waals surface area contributed by atoms with Gasteiger partial charge in [0.2, 0.25) is 0 Å². The van der Waals surface area contributed by atoms with Crippen molar-refractivity contribution in [3.05, 3.63) is 47.7 Å². The number of nitrogens with zero attached hydrogens (tertiary/aromatic N) is 3. The number of hydrogen-bond donors (Lipinski definition) is 1. The van der Waals surface area contributed by atoms with Gasteiger partial charge in [-0.05, 0) is 42.7 Å². The fraction of sp³-hybridized carbons (Fsp3) is 0.312. The largest absolute Gasteiger partial charge is 0.497 e. The van der Waals surface area contributed by atoms with Crippen molar-refractivity contribution in [2.45, 2.75) is 18.9 Å². The van der Waals surface area contributed by atoms with E-state index >= 15 is 0 Å². The fourth-order valence-corrected chi connectivity index (χ4v) is 2.85. The summed E-state index contributed by atoms with van der Waals surface area (Å²) in [5.41, 5.74) is 6.57. The van der Waals surface area contributed by atoms with Crippen LogP contribution in [-0.4, -0.2) is 29.8 Å². The Morgan fingerprint density at radius 1 is 1.32 bits per heavy atom. The van der Waals surface area contributed by atoms with Gasteiger partial charge in [0.25, 0.3) is 5.91 Å². The van der Waals surface area contributed by atoms with Gasteiger partial charge < -0.3 is 15.4 Å². The van der Waals surface area contributed by atoms with Crippen molar-refractivity contribution in [3.63, 3.8) is 0 Å². The normalized spacial score (nSPS) is 17.5. The van der Waals surface area contributed by atoms with Crippen LogP contribution >= 0.6 is 0 Å². The van der Waals surface area contributed by atoms with Crippen LogP contribution in [0.1, 0.15) is 34.9 Å². The van der Waals surface area contributed by atoms with E-state index in [4.69, 9.17) is 10.5 Å². The van der Waals surface area contributed by atoms with Crippen LogP contribution in [-0.2, 0) is 0 Å². The molecule has 22 heavy (non-hydrogen) atoms. The molecule has 0 saturated carbocycles. The Kier molecular flexibility index (Phi) is 3.91. The van der Waals surface area contributed by atoms with Gasteiger partial charge in [-0.1, -0.05) is 12.1 Å². The minimum Gasteiger partial charge on any atom is -0.497 e. The van der Waals surface area contributed by atoms with Gasteiger partial charge in [0.1, 0.15) is 5.75 Å². The molecule has 1 aromatic carbocycles. The molecule has 0 bridgehead atoms. The van der Waals surface area contributed by atoms with Crippen LogP contribution < -0.4 is 15.4 Å². The number of anilines is 1. The number of primary amides is 1. The van der Waals surface area contributed by atoms with Crippen molar-refractivity contribution in [1.82, 2.24) is 10.2 Å². The minimum atomic E-state index is -0.565. The van der Waals surface area contributed by atoms with Gasteiger partial charge >= 0.3 is 0 Å². The molecule has 0 spiro atoms. The molecule has 2 heterocycles. The lowest BCUT2D eigenvalue weighted by atomic mass is 10.0. The molecule has 1 unspecified atom stereocenters. The van der Waals surface area contributed by atoms with E-state index in [-0.39, 0.29) is 11.7 Å². The molecule has 1 aromatic heterocycles. The average Bonchev–Trinajstić information content (AvgIpc) is 3.04. The monoisotopic (exact) mass is 298 g/mol. The molecule has 1 amide bonds. The van der Waals surface area contributed by atoms with Gasteiger partial charge in [-0.2, -0.15) is 0 Å². The molecule has 1 atom stereocenters. The highest BCUT2D eigenvalue weighted by atomic mass is 16.5. The molecule has 1 saturated heterocycles. The first-order chi connectivity index (χ1) is 10.7. The van der Waals surface area contributed by atoms with Gasteiger partial charge in [-0.3, -0.25) is 4.79 Å². The number of nitrogens with two attached hydrogens (primary N) is 1. The van der Waals surface area contributed by atoms with Gasteiger partial charge in [0.05, 0.1) is 13.2 Å². The lowest BCUT2D eigenvalue weighted by molar-refractivity contribution is 0.0994. The quantitative estimate of drug-likeness (QED) is 0.932. The fourth-order valence-electron chi connectivity index (χ4n) is 2.85. The number of ether oxygens (including phenoxy) is 1. The van der Waals surface area contributed by atoms with Crippen LogP contribution in [0.5, 0.6) is 5.75 Å². The summed E-state index contributed by atoms with van der Waals surface area (Å²) in [5, 5.41) is 8.04. The molecule has 2 aromatic rings. The third-order valence-electron chi connectivity index (χ3n) is 3.93. The van der Waals surface area contributed by atoms with E-state index in [2.05, 4.69) is 21.2 Å². The maximum absolute atomic E-state index is 11.1. The summed E-state index contributed by atoms with van der Waals surface area (Å²) >= 11 is 0.